The Morgan fingerprint density at radius 2 is 2.13 bits per heavy atom. The van der Waals surface area contributed by atoms with E-state index in [0.717, 1.165) is 31.6 Å². The molecule has 1 fully saturated rings. The maximum absolute atomic E-state index is 13.9. The lowest BCUT2D eigenvalue weighted by atomic mass is 10.1. The lowest BCUT2D eigenvalue weighted by Crippen LogP contribution is -2.39. The van der Waals surface area contributed by atoms with Gasteiger partial charge in [-0.05, 0) is 65.4 Å². The van der Waals surface area contributed by atoms with E-state index < -0.39 is 17.5 Å². The van der Waals surface area contributed by atoms with Crippen molar-refractivity contribution in [3.8, 4) is 0 Å². The van der Waals surface area contributed by atoms with Gasteiger partial charge in [0.15, 0.2) is 0 Å². The second-order valence-electron chi connectivity index (χ2n) is 7.07. The quantitative estimate of drug-likeness (QED) is 0.891. The number of carbonyl (C=O) groups is 1. The molecule has 2 rings (SSSR count). The molecule has 0 aromatic heterocycles. The Balaban J connectivity index is 2.02. The van der Waals surface area contributed by atoms with Crippen LogP contribution in [0.1, 0.15) is 33.6 Å². The molecule has 1 aliphatic heterocycles. The third-order valence-electron chi connectivity index (χ3n) is 3.60. The van der Waals surface area contributed by atoms with Crippen LogP contribution in [0.2, 0.25) is 0 Å². The topological polar surface area (TPSA) is 53.6 Å². The number of hydrogen-bond donors (Lipinski definition) is 2. The molecule has 6 heteroatoms. The number of amides is 1. The number of likely N-dealkylation sites (tertiary alicyclic amines) is 1. The van der Waals surface area contributed by atoms with Crippen molar-refractivity contribution in [1.29, 1.82) is 0 Å². The second kappa shape index (κ2) is 7.17. The van der Waals surface area contributed by atoms with Crippen LogP contribution >= 0.6 is 0 Å². The van der Waals surface area contributed by atoms with Crippen LogP contribution in [0.15, 0.2) is 18.2 Å². The Morgan fingerprint density at radius 3 is 2.78 bits per heavy atom. The lowest BCUT2D eigenvalue weighted by Gasteiger charge is -2.31. The molecule has 1 atom stereocenters. The van der Waals surface area contributed by atoms with Gasteiger partial charge in [-0.15, -0.1) is 0 Å². The minimum absolute atomic E-state index is 0.119. The van der Waals surface area contributed by atoms with E-state index in [1.165, 1.54) is 6.07 Å². The summed E-state index contributed by atoms with van der Waals surface area (Å²) in [4.78, 5) is 14.1. The van der Waals surface area contributed by atoms with E-state index in [4.69, 9.17) is 4.74 Å². The smallest absolute Gasteiger partial charge is 0.412 e. The summed E-state index contributed by atoms with van der Waals surface area (Å²) in [5, 5.41) is 5.87. The Kier molecular flexibility index (Phi) is 5.46. The molecule has 23 heavy (non-hydrogen) atoms. The van der Waals surface area contributed by atoms with Crippen molar-refractivity contribution in [3.05, 3.63) is 24.0 Å². The predicted molar refractivity (Wildman–Crippen MR) is 90.4 cm³/mol. The van der Waals surface area contributed by atoms with Gasteiger partial charge in [-0.1, -0.05) is 0 Å². The summed E-state index contributed by atoms with van der Waals surface area (Å²) in [5.41, 5.74) is 0.287. The number of hydrogen-bond acceptors (Lipinski definition) is 4. The van der Waals surface area contributed by atoms with E-state index in [-0.39, 0.29) is 5.69 Å². The molecule has 1 aromatic carbocycles. The summed E-state index contributed by atoms with van der Waals surface area (Å²) in [5.74, 6) is -0.484. The van der Waals surface area contributed by atoms with Gasteiger partial charge in [0.05, 0.1) is 5.69 Å². The average Bonchev–Trinajstić information content (AvgIpc) is 2.40. The first-order chi connectivity index (χ1) is 10.7. The molecule has 1 aliphatic rings. The highest BCUT2D eigenvalue weighted by Gasteiger charge is 2.19. The molecule has 1 amide bonds. The summed E-state index contributed by atoms with van der Waals surface area (Å²) >= 11 is 0. The van der Waals surface area contributed by atoms with Gasteiger partial charge in [-0.2, -0.15) is 0 Å². The van der Waals surface area contributed by atoms with Gasteiger partial charge in [-0.3, -0.25) is 5.32 Å². The van der Waals surface area contributed by atoms with Gasteiger partial charge in [0, 0.05) is 18.3 Å². The maximum atomic E-state index is 13.9. The number of nitrogens with zero attached hydrogens (tertiary/aromatic N) is 1. The van der Waals surface area contributed by atoms with Gasteiger partial charge in [0.2, 0.25) is 0 Å². The second-order valence-corrected chi connectivity index (χ2v) is 7.07. The van der Waals surface area contributed by atoms with Gasteiger partial charge in [0.1, 0.15) is 11.4 Å². The molecule has 128 valence electrons. The van der Waals surface area contributed by atoms with Crippen molar-refractivity contribution in [3.63, 3.8) is 0 Å². The number of rotatable bonds is 3. The minimum Gasteiger partial charge on any atom is -0.444 e. The largest absolute Gasteiger partial charge is 0.444 e. The van der Waals surface area contributed by atoms with Crippen LogP contribution in [0.5, 0.6) is 0 Å². The average molecular weight is 323 g/mol. The van der Waals surface area contributed by atoms with E-state index in [0.29, 0.717) is 6.04 Å². The van der Waals surface area contributed by atoms with Gasteiger partial charge >= 0.3 is 6.09 Å². The van der Waals surface area contributed by atoms with E-state index in [2.05, 4.69) is 22.6 Å². The molecule has 5 nitrogen and oxygen atoms in total. The van der Waals surface area contributed by atoms with Crippen molar-refractivity contribution in [2.75, 3.05) is 30.8 Å². The highest BCUT2D eigenvalue weighted by atomic mass is 19.1. The van der Waals surface area contributed by atoms with Crippen molar-refractivity contribution in [2.24, 2.45) is 0 Å². The highest BCUT2D eigenvalue weighted by Crippen LogP contribution is 2.23. The van der Waals surface area contributed by atoms with Crippen LogP contribution in [-0.2, 0) is 4.74 Å². The Hall–Kier alpha value is -1.82. The van der Waals surface area contributed by atoms with Crippen LogP contribution in [0.4, 0.5) is 20.6 Å². The molecule has 0 saturated carbocycles. The number of nitrogens with one attached hydrogen (secondary N) is 2. The number of carbonyl (C=O) groups excluding carboxylic acids is 1. The predicted octanol–water partition coefficient (Wildman–Crippen LogP) is 3.68. The number of likely N-dealkylation sites (N-methyl/N-ethyl adjacent to an activating group) is 1. The molecule has 1 saturated heterocycles. The Morgan fingerprint density at radius 1 is 1.39 bits per heavy atom. The molecule has 1 unspecified atom stereocenters. The SMILES string of the molecule is CN1CCCC(Nc2ccc(F)c(NC(=O)OC(C)(C)C)c2)C1. The van der Waals surface area contributed by atoms with Crippen LogP contribution < -0.4 is 10.6 Å². The fourth-order valence-electron chi connectivity index (χ4n) is 2.64. The first kappa shape index (κ1) is 17.5. The molecular formula is C17H26FN3O2. The number of piperidine rings is 1. The van der Waals surface area contributed by atoms with E-state index in [1.54, 1.807) is 32.9 Å². The molecule has 0 radical (unpaired) electrons. The Bertz CT molecular complexity index is 557. The van der Waals surface area contributed by atoms with Gasteiger partial charge in [0.25, 0.3) is 0 Å². The number of halogens is 1. The molecule has 0 spiro atoms. The minimum atomic E-state index is -0.661. The summed E-state index contributed by atoms with van der Waals surface area (Å²) in [6.07, 6.45) is 1.56. The monoisotopic (exact) mass is 323 g/mol. The lowest BCUT2D eigenvalue weighted by molar-refractivity contribution is 0.0635. The number of anilines is 2. The summed E-state index contributed by atoms with van der Waals surface area (Å²) in [7, 11) is 2.09. The van der Waals surface area contributed by atoms with Crippen molar-refractivity contribution in [1.82, 2.24) is 4.90 Å². The van der Waals surface area contributed by atoms with Crippen LogP contribution in [0.3, 0.4) is 0 Å². The highest BCUT2D eigenvalue weighted by molar-refractivity contribution is 5.85. The summed E-state index contributed by atoms with van der Waals surface area (Å²) in [6.45, 7) is 7.35. The molecule has 1 aromatic rings. The third-order valence-corrected chi connectivity index (χ3v) is 3.60. The normalized spacial score (nSPS) is 19.3. The standard InChI is InChI=1S/C17H26FN3O2/c1-17(2,3)23-16(22)20-15-10-12(7-8-14(15)18)19-13-6-5-9-21(4)11-13/h7-8,10,13,19H,5-6,9,11H2,1-4H3,(H,20,22). The zero-order valence-electron chi connectivity index (χ0n) is 14.3. The fourth-order valence-corrected chi connectivity index (χ4v) is 2.64. The number of ether oxygens (including phenoxy) is 1. The van der Waals surface area contributed by atoms with E-state index >= 15 is 0 Å². The van der Waals surface area contributed by atoms with Crippen LogP contribution in [0.25, 0.3) is 0 Å². The third kappa shape index (κ3) is 5.71. The van der Waals surface area contributed by atoms with E-state index in [9.17, 15) is 9.18 Å². The van der Waals surface area contributed by atoms with Crippen molar-refractivity contribution >= 4 is 17.5 Å². The van der Waals surface area contributed by atoms with Gasteiger partial charge in [-0.25, -0.2) is 9.18 Å². The van der Waals surface area contributed by atoms with Crippen molar-refractivity contribution < 1.29 is 13.9 Å². The first-order valence-corrected chi connectivity index (χ1v) is 7.97. The van der Waals surface area contributed by atoms with Crippen LogP contribution in [0, 0.1) is 5.82 Å². The van der Waals surface area contributed by atoms with E-state index in [1.807, 2.05) is 0 Å². The van der Waals surface area contributed by atoms with Gasteiger partial charge < -0.3 is 15.0 Å². The molecule has 0 bridgehead atoms. The maximum Gasteiger partial charge on any atom is 0.412 e. The Labute approximate surface area is 137 Å². The zero-order chi connectivity index (χ0) is 17.0. The van der Waals surface area contributed by atoms with Crippen LogP contribution in [-0.4, -0.2) is 42.8 Å². The number of benzene rings is 1. The summed E-state index contributed by atoms with van der Waals surface area (Å²) in [6, 6.07) is 4.97. The molecule has 2 N–H and O–H groups in total. The molecular weight excluding hydrogens is 297 g/mol. The van der Waals surface area contributed by atoms with Crippen molar-refractivity contribution in [2.45, 2.75) is 45.3 Å². The fraction of sp³-hybridized carbons (Fsp3) is 0.588. The molecule has 0 aliphatic carbocycles. The molecule has 1 heterocycles. The first-order valence-electron chi connectivity index (χ1n) is 7.97. The summed E-state index contributed by atoms with van der Waals surface area (Å²) < 4.78 is 19.1. The zero-order valence-corrected chi connectivity index (χ0v) is 14.3.